The molecule has 150 valence electrons. The SMILES string of the molecule is Cc1c(Cl)cccc1NC(=O)c1cc(S(=O)(=O)N2CCC(C)CC2)ccc1Cl. The maximum Gasteiger partial charge on any atom is 0.257 e. The molecule has 1 N–H and O–H groups in total. The van der Waals surface area contributed by atoms with Crippen LogP contribution in [-0.2, 0) is 10.0 Å². The number of benzene rings is 2. The first kappa shape index (κ1) is 21.1. The summed E-state index contributed by atoms with van der Waals surface area (Å²) in [6, 6.07) is 9.41. The van der Waals surface area contributed by atoms with Crippen molar-refractivity contribution >= 4 is 44.8 Å². The van der Waals surface area contributed by atoms with Crippen molar-refractivity contribution < 1.29 is 13.2 Å². The van der Waals surface area contributed by atoms with E-state index in [-0.39, 0.29) is 15.5 Å². The number of halogens is 2. The van der Waals surface area contributed by atoms with Gasteiger partial charge in [-0.15, -0.1) is 0 Å². The van der Waals surface area contributed by atoms with Crippen molar-refractivity contribution in [2.24, 2.45) is 5.92 Å². The lowest BCUT2D eigenvalue weighted by atomic mass is 10.0. The minimum absolute atomic E-state index is 0.0689. The third kappa shape index (κ3) is 4.35. The largest absolute Gasteiger partial charge is 0.322 e. The zero-order chi connectivity index (χ0) is 20.5. The van der Waals surface area contributed by atoms with Gasteiger partial charge in [0.15, 0.2) is 0 Å². The zero-order valence-electron chi connectivity index (χ0n) is 15.7. The molecule has 1 aliphatic heterocycles. The number of hydrogen-bond donors (Lipinski definition) is 1. The van der Waals surface area contributed by atoms with E-state index in [4.69, 9.17) is 23.2 Å². The summed E-state index contributed by atoms with van der Waals surface area (Å²) in [7, 11) is -3.67. The molecule has 28 heavy (non-hydrogen) atoms. The maximum atomic E-state index is 13.0. The highest BCUT2D eigenvalue weighted by Gasteiger charge is 2.29. The second-order valence-corrected chi connectivity index (χ2v) is 9.85. The second-order valence-electron chi connectivity index (χ2n) is 7.09. The Hall–Kier alpha value is -1.60. The fourth-order valence-electron chi connectivity index (χ4n) is 3.15. The topological polar surface area (TPSA) is 66.5 Å². The van der Waals surface area contributed by atoms with Crippen LogP contribution in [0.15, 0.2) is 41.3 Å². The predicted octanol–water partition coefficient (Wildman–Crippen LogP) is 4.97. The van der Waals surface area contributed by atoms with Crippen molar-refractivity contribution in [3.05, 3.63) is 57.6 Å². The van der Waals surface area contributed by atoms with E-state index in [2.05, 4.69) is 12.2 Å². The number of hydrogen-bond acceptors (Lipinski definition) is 3. The summed E-state index contributed by atoms with van der Waals surface area (Å²) in [4.78, 5) is 12.8. The van der Waals surface area contributed by atoms with Crippen LogP contribution in [-0.4, -0.2) is 31.7 Å². The number of carbonyl (C=O) groups excluding carboxylic acids is 1. The molecule has 0 radical (unpaired) electrons. The van der Waals surface area contributed by atoms with E-state index in [0.717, 1.165) is 18.4 Å². The van der Waals surface area contributed by atoms with Gasteiger partial charge in [-0.2, -0.15) is 4.31 Å². The molecule has 3 rings (SSSR count). The summed E-state index contributed by atoms with van der Waals surface area (Å²) in [6.07, 6.45) is 1.66. The van der Waals surface area contributed by atoms with Crippen molar-refractivity contribution in [1.82, 2.24) is 4.31 Å². The molecule has 1 heterocycles. The van der Waals surface area contributed by atoms with Gasteiger partial charge in [-0.25, -0.2) is 8.42 Å². The van der Waals surface area contributed by atoms with Crippen LogP contribution in [0.3, 0.4) is 0 Å². The molecule has 0 aromatic heterocycles. The van der Waals surface area contributed by atoms with Gasteiger partial charge in [0, 0.05) is 23.8 Å². The standard InChI is InChI=1S/C20H22Cl2N2O3S/c1-13-8-10-24(11-9-13)28(26,27)15-6-7-18(22)16(12-15)20(25)23-19-5-3-4-17(21)14(19)2/h3-7,12-13H,8-11H2,1-2H3,(H,23,25). The lowest BCUT2D eigenvalue weighted by Gasteiger charge is -2.29. The summed E-state index contributed by atoms with van der Waals surface area (Å²) in [6.45, 7) is 4.87. The first-order valence-corrected chi connectivity index (χ1v) is 11.3. The number of sulfonamides is 1. The highest BCUT2D eigenvalue weighted by molar-refractivity contribution is 7.89. The number of piperidine rings is 1. The van der Waals surface area contributed by atoms with E-state index in [1.165, 1.54) is 22.5 Å². The quantitative estimate of drug-likeness (QED) is 0.728. The number of nitrogens with one attached hydrogen (secondary N) is 1. The summed E-state index contributed by atoms with van der Waals surface area (Å²) < 4.78 is 27.4. The highest BCUT2D eigenvalue weighted by atomic mass is 35.5. The summed E-state index contributed by atoms with van der Waals surface area (Å²) in [5, 5.41) is 3.47. The van der Waals surface area contributed by atoms with Gasteiger partial charge in [0.2, 0.25) is 10.0 Å². The van der Waals surface area contributed by atoms with Crippen LogP contribution in [0.5, 0.6) is 0 Å². The number of amides is 1. The average molecular weight is 441 g/mol. The molecule has 8 heteroatoms. The highest BCUT2D eigenvalue weighted by Crippen LogP contribution is 2.28. The molecular formula is C20H22Cl2N2O3S. The molecule has 0 saturated carbocycles. The van der Waals surface area contributed by atoms with Crippen LogP contribution in [0.4, 0.5) is 5.69 Å². The van der Waals surface area contributed by atoms with Crippen molar-refractivity contribution in [2.45, 2.75) is 31.6 Å². The first-order valence-electron chi connectivity index (χ1n) is 9.06. The summed E-state index contributed by atoms with van der Waals surface area (Å²) >= 11 is 12.3. The molecular weight excluding hydrogens is 419 g/mol. The zero-order valence-corrected chi connectivity index (χ0v) is 18.0. The first-order chi connectivity index (χ1) is 13.2. The minimum Gasteiger partial charge on any atom is -0.322 e. The van der Waals surface area contributed by atoms with E-state index in [1.807, 2.05) is 0 Å². The fourth-order valence-corrected chi connectivity index (χ4v) is 5.02. The van der Waals surface area contributed by atoms with Crippen molar-refractivity contribution in [2.75, 3.05) is 18.4 Å². The van der Waals surface area contributed by atoms with Gasteiger partial charge in [-0.05, 0) is 61.6 Å². The fraction of sp³-hybridized carbons (Fsp3) is 0.350. The number of carbonyl (C=O) groups is 1. The van der Waals surface area contributed by atoms with E-state index in [1.54, 1.807) is 25.1 Å². The van der Waals surface area contributed by atoms with Crippen molar-refractivity contribution in [1.29, 1.82) is 0 Å². The van der Waals surface area contributed by atoms with Gasteiger partial charge >= 0.3 is 0 Å². The van der Waals surface area contributed by atoms with Gasteiger partial charge in [-0.1, -0.05) is 36.2 Å². The van der Waals surface area contributed by atoms with Crippen LogP contribution in [0.2, 0.25) is 10.0 Å². The molecule has 1 aliphatic rings. The molecule has 0 spiro atoms. The van der Waals surface area contributed by atoms with Crippen LogP contribution in [0, 0.1) is 12.8 Å². The minimum atomic E-state index is -3.67. The maximum absolute atomic E-state index is 13.0. The average Bonchev–Trinajstić information content (AvgIpc) is 2.66. The Morgan fingerprint density at radius 3 is 2.46 bits per heavy atom. The Morgan fingerprint density at radius 2 is 1.79 bits per heavy atom. The molecule has 0 bridgehead atoms. The number of rotatable bonds is 4. The molecule has 1 amide bonds. The molecule has 0 unspecified atom stereocenters. The number of nitrogens with zero attached hydrogens (tertiary/aromatic N) is 1. The van der Waals surface area contributed by atoms with Crippen molar-refractivity contribution in [3.63, 3.8) is 0 Å². The Morgan fingerprint density at radius 1 is 1.11 bits per heavy atom. The Labute approximate surface area is 175 Å². The van der Waals surface area contributed by atoms with Gasteiger partial charge in [-0.3, -0.25) is 4.79 Å². The van der Waals surface area contributed by atoms with Crippen LogP contribution >= 0.6 is 23.2 Å². The van der Waals surface area contributed by atoms with Gasteiger partial charge < -0.3 is 5.32 Å². The van der Waals surface area contributed by atoms with Crippen molar-refractivity contribution in [3.8, 4) is 0 Å². The van der Waals surface area contributed by atoms with Crippen LogP contribution < -0.4 is 5.32 Å². The third-order valence-corrected chi connectivity index (χ3v) is 7.71. The van der Waals surface area contributed by atoms with E-state index in [0.29, 0.717) is 29.7 Å². The third-order valence-electron chi connectivity index (χ3n) is 5.08. The normalized spacial score (nSPS) is 16.1. The molecule has 2 aromatic rings. The molecule has 1 saturated heterocycles. The lowest BCUT2D eigenvalue weighted by molar-refractivity contribution is 0.102. The predicted molar refractivity (Wildman–Crippen MR) is 113 cm³/mol. The van der Waals surface area contributed by atoms with E-state index < -0.39 is 15.9 Å². The Kier molecular flexibility index (Phi) is 6.34. The molecule has 5 nitrogen and oxygen atoms in total. The summed E-state index contributed by atoms with van der Waals surface area (Å²) in [5.74, 6) is 0.0265. The molecule has 1 fully saturated rings. The Bertz CT molecular complexity index is 1000. The molecule has 0 aliphatic carbocycles. The van der Waals surface area contributed by atoms with Gasteiger partial charge in [0.1, 0.15) is 0 Å². The van der Waals surface area contributed by atoms with Gasteiger partial charge in [0.05, 0.1) is 15.5 Å². The molecule has 0 atom stereocenters. The van der Waals surface area contributed by atoms with Crippen LogP contribution in [0.25, 0.3) is 0 Å². The van der Waals surface area contributed by atoms with Gasteiger partial charge in [0.25, 0.3) is 5.91 Å². The summed E-state index contributed by atoms with van der Waals surface area (Å²) in [5.41, 5.74) is 1.37. The van der Waals surface area contributed by atoms with Crippen LogP contribution in [0.1, 0.15) is 35.7 Å². The number of anilines is 1. The lowest BCUT2D eigenvalue weighted by Crippen LogP contribution is -2.37. The molecule has 2 aromatic carbocycles. The van der Waals surface area contributed by atoms with E-state index in [9.17, 15) is 13.2 Å². The Balaban J connectivity index is 1.89. The smallest absolute Gasteiger partial charge is 0.257 e. The van der Waals surface area contributed by atoms with E-state index >= 15 is 0 Å². The monoisotopic (exact) mass is 440 g/mol. The second kappa shape index (κ2) is 8.41.